The average Bonchev–Trinajstić information content (AvgIpc) is 2.23. The summed E-state index contributed by atoms with van der Waals surface area (Å²) in [7, 11) is 0. The highest BCUT2D eigenvalue weighted by atomic mass is 79.9. The van der Waals surface area contributed by atoms with Crippen LogP contribution in [0.25, 0.3) is 0 Å². The molecule has 6 heteroatoms. The maximum absolute atomic E-state index is 11.8. The second-order valence-electron chi connectivity index (χ2n) is 3.13. The summed E-state index contributed by atoms with van der Waals surface area (Å²) in [6, 6.07) is 6.67. The lowest BCUT2D eigenvalue weighted by atomic mass is 10.2. The summed E-state index contributed by atoms with van der Waals surface area (Å²) >= 11 is 3.18. The maximum Gasteiger partial charge on any atom is 0.409 e. The molecule has 0 unspecified atom stereocenters. The fourth-order valence-electron chi connectivity index (χ4n) is 1.08. The van der Waals surface area contributed by atoms with Gasteiger partial charge in [-0.2, -0.15) is 13.2 Å². The molecule has 0 aliphatic carbocycles. The monoisotopic (exact) mass is 307 g/mol. The molecule has 1 rings (SSSR count). The molecule has 0 saturated heterocycles. The number of amides is 1. The van der Waals surface area contributed by atoms with Gasteiger partial charge in [0, 0.05) is 17.1 Å². The second kappa shape index (κ2) is 5.86. The Bertz CT molecular complexity index is 429. The molecule has 2 nitrogen and oxygen atoms in total. The molecule has 1 aromatic carbocycles. The molecule has 0 saturated carbocycles. The van der Waals surface area contributed by atoms with Crippen LogP contribution < -0.4 is 5.32 Å². The van der Waals surface area contributed by atoms with Crippen LogP contribution in [-0.4, -0.2) is 18.6 Å². The van der Waals surface area contributed by atoms with Gasteiger partial charge in [-0.3, -0.25) is 4.79 Å². The summed E-state index contributed by atoms with van der Waals surface area (Å²) in [5, 5.41) is 2.36. The normalized spacial score (nSPS) is 11.8. The molecule has 0 fully saturated rings. The largest absolute Gasteiger partial charge is 0.409 e. The third-order valence-corrected chi connectivity index (χ3v) is 2.50. The molecular weight excluding hydrogens is 299 g/mol. The molecule has 0 aromatic heterocycles. The van der Waals surface area contributed by atoms with Crippen molar-refractivity contribution >= 4 is 21.8 Å². The predicted molar refractivity (Wildman–Crippen MR) is 61.7 cm³/mol. The fraction of sp³-hybridized carbons (Fsp3) is 0.182. The van der Waals surface area contributed by atoms with Gasteiger partial charge in [0.25, 0.3) is 5.91 Å². The molecule has 0 bridgehead atoms. The van der Waals surface area contributed by atoms with Gasteiger partial charge >= 0.3 is 6.18 Å². The van der Waals surface area contributed by atoms with Crippen LogP contribution in [0.1, 0.15) is 10.4 Å². The minimum absolute atomic E-state index is 0.0906. The lowest BCUT2D eigenvalue weighted by Crippen LogP contribution is -2.24. The quantitative estimate of drug-likeness (QED) is 0.853. The fourth-order valence-corrected chi connectivity index (χ4v) is 1.55. The Morgan fingerprint density at radius 3 is 2.59 bits per heavy atom. The molecule has 0 spiro atoms. The van der Waals surface area contributed by atoms with E-state index in [2.05, 4.69) is 21.2 Å². The van der Waals surface area contributed by atoms with E-state index in [0.29, 0.717) is 10.0 Å². The van der Waals surface area contributed by atoms with Crippen molar-refractivity contribution in [3.8, 4) is 0 Å². The van der Waals surface area contributed by atoms with Crippen molar-refractivity contribution in [1.82, 2.24) is 5.32 Å². The number of alkyl halides is 3. The molecule has 1 amide bonds. The number of halogens is 4. The van der Waals surface area contributed by atoms with E-state index in [-0.39, 0.29) is 12.6 Å². The van der Waals surface area contributed by atoms with Gasteiger partial charge in [-0.1, -0.05) is 18.2 Å². The highest BCUT2D eigenvalue weighted by molar-refractivity contribution is 9.10. The van der Waals surface area contributed by atoms with Gasteiger partial charge in [-0.15, -0.1) is 0 Å². The van der Waals surface area contributed by atoms with Crippen LogP contribution in [0.3, 0.4) is 0 Å². The molecule has 1 N–H and O–H groups in total. The first-order valence-corrected chi connectivity index (χ1v) is 5.46. The van der Waals surface area contributed by atoms with Crippen LogP contribution in [0.5, 0.6) is 0 Å². The highest BCUT2D eigenvalue weighted by Crippen LogP contribution is 2.16. The lowest BCUT2D eigenvalue weighted by Gasteiger charge is -2.04. The van der Waals surface area contributed by atoms with Gasteiger partial charge < -0.3 is 5.32 Å². The van der Waals surface area contributed by atoms with Crippen molar-refractivity contribution in [2.75, 3.05) is 6.54 Å². The number of carbonyl (C=O) groups is 1. The number of allylic oxidation sites excluding steroid dienone is 1. The molecule has 17 heavy (non-hydrogen) atoms. The first-order valence-electron chi connectivity index (χ1n) is 4.67. The van der Waals surface area contributed by atoms with E-state index in [1.807, 2.05) is 0 Å². The van der Waals surface area contributed by atoms with Crippen molar-refractivity contribution in [3.63, 3.8) is 0 Å². The van der Waals surface area contributed by atoms with Gasteiger partial charge in [0.1, 0.15) is 0 Å². The van der Waals surface area contributed by atoms with Crippen molar-refractivity contribution in [2.45, 2.75) is 6.18 Å². The number of hydrogen-bond donors (Lipinski definition) is 1. The lowest BCUT2D eigenvalue weighted by molar-refractivity contribution is -0.0800. The Morgan fingerprint density at radius 2 is 2.00 bits per heavy atom. The summed E-state index contributed by atoms with van der Waals surface area (Å²) in [6.07, 6.45) is -3.40. The second-order valence-corrected chi connectivity index (χ2v) is 3.99. The van der Waals surface area contributed by atoms with Crippen LogP contribution in [-0.2, 0) is 0 Å². The minimum atomic E-state index is -4.35. The minimum Gasteiger partial charge on any atom is -0.349 e. The van der Waals surface area contributed by atoms with Crippen LogP contribution in [0.2, 0.25) is 0 Å². The van der Waals surface area contributed by atoms with E-state index in [4.69, 9.17) is 0 Å². The van der Waals surface area contributed by atoms with Crippen molar-refractivity contribution < 1.29 is 18.0 Å². The van der Waals surface area contributed by atoms with Crippen LogP contribution in [0, 0.1) is 0 Å². The van der Waals surface area contributed by atoms with Crippen LogP contribution in [0.4, 0.5) is 13.2 Å². The molecule has 0 atom stereocenters. The first kappa shape index (κ1) is 13.8. The van der Waals surface area contributed by atoms with E-state index in [1.165, 1.54) is 0 Å². The average molecular weight is 308 g/mol. The summed E-state index contributed by atoms with van der Waals surface area (Å²) in [5.41, 5.74) is 0.382. The Labute approximate surface area is 105 Å². The zero-order chi connectivity index (χ0) is 12.9. The zero-order valence-corrected chi connectivity index (χ0v) is 10.2. The summed E-state index contributed by atoms with van der Waals surface area (Å²) in [6.45, 7) is -0.167. The molecule has 0 aliphatic heterocycles. The Morgan fingerprint density at radius 1 is 1.35 bits per heavy atom. The summed E-state index contributed by atoms with van der Waals surface area (Å²) < 4.78 is 35.9. The van der Waals surface area contributed by atoms with E-state index in [9.17, 15) is 18.0 Å². The third kappa shape index (κ3) is 5.04. The third-order valence-electron chi connectivity index (χ3n) is 1.81. The molecule has 0 radical (unpaired) electrons. The van der Waals surface area contributed by atoms with E-state index in [0.717, 1.165) is 6.08 Å². The highest BCUT2D eigenvalue weighted by Gasteiger charge is 2.21. The van der Waals surface area contributed by atoms with Gasteiger partial charge in [0.2, 0.25) is 0 Å². The number of rotatable bonds is 3. The number of carbonyl (C=O) groups excluding carboxylic acids is 1. The Kier molecular flexibility index (Phi) is 4.74. The van der Waals surface area contributed by atoms with Crippen LogP contribution in [0.15, 0.2) is 40.9 Å². The van der Waals surface area contributed by atoms with Crippen molar-refractivity contribution in [2.24, 2.45) is 0 Å². The number of benzene rings is 1. The van der Waals surface area contributed by atoms with Crippen molar-refractivity contribution in [1.29, 1.82) is 0 Å². The molecule has 92 valence electrons. The van der Waals surface area contributed by atoms with E-state index >= 15 is 0 Å². The Hall–Kier alpha value is -1.30. The SMILES string of the molecule is O=C(NC/C=C\C(F)(F)F)c1ccccc1Br. The smallest absolute Gasteiger partial charge is 0.349 e. The van der Waals surface area contributed by atoms with Crippen LogP contribution >= 0.6 is 15.9 Å². The molecular formula is C11H9BrF3NO. The summed E-state index contributed by atoms with van der Waals surface area (Å²) in [4.78, 5) is 11.5. The zero-order valence-electron chi connectivity index (χ0n) is 8.59. The van der Waals surface area contributed by atoms with E-state index < -0.39 is 12.1 Å². The standard InChI is InChI=1S/C11H9BrF3NO/c12-9-5-2-1-4-8(9)10(17)16-7-3-6-11(13,14)15/h1-6H,7H2,(H,16,17)/b6-3-. The molecule has 1 aromatic rings. The van der Waals surface area contributed by atoms with Crippen molar-refractivity contribution in [3.05, 3.63) is 46.5 Å². The van der Waals surface area contributed by atoms with Gasteiger partial charge in [0.15, 0.2) is 0 Å². The summed E-state index contributed by atoms with van der Waals surface area (Å²) in [5.74, 6) is -0.427. The predicted octanol–water partition coefficient (Wildman–Crippen LogP) is 3.30. The number of hydrogen-bond acceptors (Lipinski definition) is 1. The molecule has 0 heterocycles. The topological polar surface area (TPSA) is 29.1 Å². The first-order chi connectivity index (χ1) is 7.90. The van der Waals surface area contributed by atoms with Gasteiger partial charge in [-0.25, -0.2) is 0 Å². The maximum atomic E-state index is 11.8. The molecule has 0 aliphatic rings. The number of nitrogens with one attached hydrogen (secondary N) is 1. The van der Waals surface area contributed by atoms with E-state index in [1.54, 1.807) is 24.3 Å². The Balaban J connectivity index is 2.52. The van der Waals surface area contributed by atoms with Gasteiger partial charge in [-0.05, 0) is 28.1 Å². The van der Waals surface area contributed by atoms with Gasteiger partial charge in [0.05, 0.1) is 5.56 Å².